The molecular formula is C18H20N2O3. The summed E-state index contributed by atoms with van der Waals surface area (Å²) in [7, 11) is 0. The molecule has 5 nitrogen and oxygen atoms in total. The van der Waals surface area contributed by atoms with Gasteiger partial charge in [-0.2, -0.15) is 0 Å². The van der Waals surface area contributed by atoms with Crippen LogP contribution in [0.3, 0.4) is 0 Å². The van der Waals surface area contributed by atoms with Crippen molar-refractivity contribution in [1.82, 2.24) is 10.3 Å². The van der Waals surface area contributed by atoms with Crippen molar-refractivity contribution < 1.29 is 14.7 Å². The molecule has 1 aliphatic rings. The second-order valence-corrected chi connectivity index (χ2v) is 6.10. The fraction of sp³-hybridized carbons (Fsp3) is 0.333. The molecule has 0 bridgehead atoms. The van der Waals surface area contributed by atoms with Crippen molar-refractivity contribution in [2.75, 3.05) is 0 Å². The highest BCUT2D eigenvalue weighted by atomic mass is 16.3. The SMILES string of the molecule is CC(=O)c1[nH]c(C)c(C(=O)N[C@H]2c3ccccc3C[C@@H]2O)c1C. The second-order valence-electron chi connectivity index (χ2n) is 6.10. The number of benzene rings is 1. The first-order valence-corrected chi connectivity index (χ1v) is 7.67. The number of carbonyl (C=O) groups is 2. The van der Waals surface area contributed by atoms with Gasteiger partial charge in [-0.25, -0.2) is 0 Å². The molecule has 1 aromatic heterocycles. The quantitative estimate of drug-likeness (QED) is 0.760. The Morgan fingerprint density at radius 1 is 1.26 bits per heavy atom. The smallest absolute Gasteiger partial charge is 0.253 e. The van der Waals surface area contributed by atoms with Crippen LogP contribution in [-0.4, -0.2) is 27.9 Å². The van der Waals surface area contributed by atoms with Crippen molar-refractivity contribution in [2.24, 2.45) is 0 Å². The topological polar surface area (TPSA) is 82.2 Å². The van der Waals surface area contributed by atoms with Gasteiger partial charge in [0.25, 0.3) is 5.91 Å². The van der Waals surface area contributed by atoms with E-state index < -0.39 is 12.1 Å². The molecular weight excluding hydrogens is 292 g/mol. The highest BCUT2D eigenvalue weighted by Crippen LogP contribution is 2.32. The zero-order valence-electron chi connectivity index (χ0n) is 13.4. The lowest BCUT2D eigenvalue weighted by Crippen LogP contribution is -2.34. The molecule has 0 spiro atoms. The van der Waals surface area contributed by atoms with E-state index in [9.17, 15) is 14.7 Å². The molecule has 1 aromatic carbocycles. The van der Waals surface area contributed by atoms with E-state index >= 15 is 0 Å². The van der Waals surface area contributed by atoms with E-state index in [1.54, 1.807) is 13.8 Å². The largest absolute Gasteiger partial charge is 0.390 e. The summed E-state index contributed by atoms with van der Waals surface area (Å²) >= 11 is 0. The van der Waals surface area contributed by atoms with Crippen LogP contribution in [-0.2, 0) is 6.42 Å². The maximum atomic E-state index is 12.7. The van der Waals surface area contributed by atoms with Crippen molar-refractivity contribution in [2.45, 2.75) is 39.3 Å². The van der Waals surface area contributed by atoms with Crippen LogP contribution in [0.4, 0.5) is 0 Å². The Morgan fingerprint density at radius 3 is 2.61 bits per heavy atom. The number of carbonyl (C=O) groups excluding carboxylic acids is 2. The Hall–Kier alpha value is -2.40. The van der Waals surface area contributed by atoms with E-state index in [1.165, 1.54) is 6.92 Å². The fourth-order valence-corrected chi connectivity index (χ4v) is 3.40. The van der Waals surface area contributed by atoms with Crippen molar-refractivity contribution in [1.29, 1.82) is 0 Å². The summed E-state index contributed by atoms with van der Waals surface area (Å²) < 4.78 is 0. The number of hydrogen-bond acceptors (Lipinski definition) is 3. The molecule has 1 amide bonds. The first-order chi connectivity index (χ1) is 10.9. The molecule has 2 atom stereocenters. The van der Waals surface area contributed by atoms with Crippen LogP contribution in [0, 0.1) is 13.8 Å². The lowest BCUT2D eigenvalue weighted by atomic mass is 10.0. The number of nitrogens with one attached hydrogen (secondary N) is 2. The number of Topliss-reactive ketones (excluding diaryl/α,β-unsaturated/α-hetero) is 1. The summed E-state index contributed by atoms with van der Waals surface area (Å²) in [6.07, 6.45) is -0.103. The zero-order valence-corrected chi connectivity index (χ0v) is 13.4. The standard InChI is InChI=1S/C18H20N2O3/c1-9-15(10(2)19-16(9)11(3)21)18(23)20-17-13-7-5-4-6-12(13)8-14(17)22/h4-7,14,17,19,22H,8H2,1-3H3,(H,20,23)/t14-,17-/m0/s1. The van der Waals surface area contributed by atoms with Crippen LogP contribution in [0.1, 0.15) is 56.2 Å². The number of aryl methyl sites for hydroxylation is 1. The molecule has 0 fully saturated rings. The summed E-state index contributed by atoms with van der Waals surface area (Å²) in [5, 5.41) is 13.2. The van der Waals surface area contributed by atoms with Crippen molar-refractivity contribution >= 4 is 11.7 Å². The van der Waals surface area contributed by atoms with Crippen LogP contribution in [0.15, 0.2) is 24.3 Å². The van der Waals surface area contributed by atoms with Gasteiger partial charge in [0.05, 0.1) is 23.4 Å². The molecule has 5 heteroatoms. The highest BCUT2D eigenvalue weighted by Gasteiger charge is 2.33. The zero-order chi connectivity index (χ0) is 16.7. The minimum Gasteiger partial charge on any atom is -0.390 e. The monoisotopic (exact) mass is 312 g/mol. The summed E-state index contributed by atoms with van der Waals surface area (Å²) in [5.74, 6) is -0.375. The van der Waals surface area contributed by atoms with E-state index in [4.69, 9.17) is 0 Å². The van der Waals surface area contributed by atoms with Gasteiger partial charge in [-0.15, -0.1) is 0 Å². The Morgan fingerprint density at radius 2 is 1.96 bits per heavy atom. The molecule has 3 rings (SSSR count). The molecule has 0 unspecified atom stereocenters. The normalized spacial score (nSPS) is 19.5. The number of fused-ring (bicyclic) bond motifs is 1. The van der Waals surface area contributed by atoms with Crippen LogP contribution in [0.2, 0.25) is 0 Å². The average Bonchev–Trinajstić information content (AvgIpc) is 2.96. The number of ketones is 1. The number of hydrogen-bond donors (Lipinski definition) is 3. The second kappa shape index (κ2) is 5.66. The lowest BCUT2D eigenvalue weighted by molar-refractivity contribution is 0.0857. The van der Waals surface area contributed by atoms with Gasteiger partial charge in [-0.05, 0) is 30.5 Å². The number of aromatic amines is 1. The Balaban J connectivity index is 1.90. The predicted molar refractivity (Wildman–Crippen MR) is 86.6 cm³/mol. The first kappa shape index (κ1) is 15.5. The predicted octanol–water partition coefficient (Wildman–Crippen LogP) is 2.22. The maximum absolute atomic E-state index is 12.7. The summed E-state index contributed by atoms with van der Waals surface area (Å²) in [4.78, 5) is 27.3. The van der Waals surface area contributed by atoms with E-state index in [0.717, 1.165) is 11.1 Å². The number of aromatic nitrogens is 1. The van der Waals surface area contributed by atoms with E-state index in [1.807, 2.05) is 24.3 Å². The average molecular weight is 312 g/mol. The molecule has 1 aliphatic carbocycles. The van der Waals surface area contributed by atoms with Crippen LogP contribution >= 0.6 is 0 Å². The Bertz CT molecular complexity index is 792. The molecule has 2 aromatic rings. The van der Waals surface area contributed by atoms with Crippen molar-refractivity contribution in [3.63, 3.8) is 0 Å². The molecule has 23 heavy (non-hydrogen) atoms. The third-order valence-corrected chi connectivity index (χ3v) is 4.51. The maximum Gasteiger partial charge on any atom is 0.253 e. The number of amides is 1. The van der Waals surface area contributed by atoms with Gasteiger partial charge < -0.3 is 15.4 Å². The number of aliphatic hydroxyl groups excluding tert-OH is 1. The van der Waals surface area contributed by atoms with Crippen molar-refractivity contribution in [3.8, 4) is 0 Å². The summed E-state index contributed by atoms with van der Waals surface area (Å²) in [6, 6.07) is 7.29. The van der Waals surface area contributed by atoms with E-state index in [2.05, 4.69) is 10.3 Å². The molecule has 120 valence electrons. The molecule has 3 N–H and O–H groups in total. The third-order valence-electron chi connectivity index (χ3n) is 4.51. The van der Waals surface area contributed by atoms with Gasteiger partial charge in [0.15, 0.2) is 5.78 Å². The number of H-pyrrole nitrogens is 1. The third kappa shape index (κ3) is 2.57. The van der Waals surface area contributed by atoms with Gasteiger partial charge in [0, 0.05) is 19.0 Å². The molecule has 1 heterocycles. The highest BCUT2D eigenvalue weighted by molar-refractivity contribution is 6.02. The Labute approximate surface area is 134 Å². The van der Waals surface area contributed by atoms with E-state index in [0.29, 0.717) is 28.9 Å². The summed E-state index contributed by atoms with van der Waals surface area (Å²) in [6.45, 7) is 5.00. The van der Waals surface area contributed by atoms with Crippen LogP contribution in [0.5, 0.6) is 0 Å². The summed E-state index contributed by atoms with van der Waals surface area (Å²) in [5.41, 5.74) is 4.24. The first-order valence-electron chi connectivity index (χ1n) is 7.67. The van der Waals surface area contributed by atoms with Gasteiger partial charge >= 0.3 is 0 Å². The van der Waals surface area contributed by atoms with Gasteiger partial charge in [0.2, 0.25) is 0 Å². The molecule has 0 saturated heterocycles. The van der Waals surface area contributed by atoms with Gasteiger partial charge in [-0.3, -0.25) is 9.59 Å². The van der Waals surface area contributed by atoms with Crippen molar-refractivity contribution in [3.05, 3.63) is 57.9 Å². The van der Waals surface area contributed by atoms with Crippen LogP contribution in [0.25, 0.3) is 0 Å². The number of rotatable bonds is 3. The number of aliphatic hydroxyl groups is 1. The van der Waals surface area contributed by atoms with Crippen LogP contribution < -0.4 is 5.32 Å². The minimum absolute atomic E-state index is 0.101. The Kier molecular flexibility index (Phi) is 3.82. The van der Waals surface area contributed by atoms with Gasteiger partial charge in [0.1, 0.15) is 0 Å². The molecule has 0 aliphatic heterocycles. The molecule has 0 saturated carbocycles. The lowest BCUT2D eigenvalue weighted by Gasteiger charge is -2.18. The van der Waals surface area contributed by atoms with Gasteiger partial charge in [-0.1, -0.05) is 24.3 Å². The van der Waals surface area contributed by atoms with E-state index in [-0.39, 0.29) is 11.7 Å². The minimum atomic E-state index is -0.636. The fourth-order valence-electron chi connectivity index (χ4n) is 3.40. The molecule has 0 radical (unpaired) electrons.